The van der Waals surface area contributed by atoms with Crippen molar-refractivity contribution >= 4 is 28.5 Å². The summed E-state index contributed by atoms with van der Waals surface area (Å²) in [6.45, 7) is 2.36. The monoisotopic (exact) mass is 344 g/mol. The molecule has 0 bridgehead atoms. The lowest BCUT2D eigenvalue weighted by molar-refractivity contribution is -0.132. The Morgan fingerprint density at radius 2 is 1.79 bits per heavy atom. The van der Waals surface area contributed by atoms with Crippen LogP contribution >= 0.6 is 11.5 Å². The summed E-state index contributed by atoms with van der Waals surface area (Å²) in [7, 11) is 0. The summed E-state index contributed by atoms with van der Waals surface area (Å²) < 4.78 is 4.40. The Balaban J connectivity index is 1.60. The first-order valence-electron chi connectivity index (χ1n) is 7.47. The zero-order valence-electron chi connectivity index (χ0n) is 12.8. The fraction of sp³-hybridized carbons (Fsp3) is 0.250. The van der Waals surface area contributed by atoms with E-state index in [0.29, 0.717) is 32.0 Å². The summed E-state index contributed by atoms with van der Waals surface area (Å²) >= 11 is 1.34. The van der Waals surface area contributed by atoms with Gasteiger partial charge in [0.1, 0.15) is 0 Å². The van der Waals surface area contributed by atoms with E-state index in [9.17, 15) is 9.59 Å². The standard InChI is InChI=1S/C16H16N4O3S/c21-13(6-7-14(22)23)19-8-10-20(11-9-19)16-17-15(18-24-16)12-4-2-1-3-5-12/h1-7H,8-11H2,(H,22,23). The van der Waals surface area contributed by atoms with Crippen molar-refractivity contribution in [3.8, 4) is 11.4 Å². The molecule has 0 aliphatic carbocycles. The third-order valence-electron chi connectivity index (χ3n) is 3.68. The van der Waals surface area contributed by atoms with Gasteiger partial charge in [-0.1, -0.05) is 30.3 Å². The van der Waals surface area contributed by atoms with Crippen LogP contribution in [0.15, 0.2) is 42.5 Å². The van der Waals surface area contributed by atoms with E-state index in [1.165, 1.54) is 11.5 Å². The first-order chi connectivity index (χ1) is 11.6. The molecule has 0 radical (unpaired) electrons. The van der Waals surface area contributed by atoms with E-state index in [0.717, 1.165) is 22.8 Å². The molecule has 1 aromatic heterocycles. The highest BCUT2D eigenvalue weighted by Crippen LogP contribution is 2.24. The average Bonchev–Trinajstić information content (AvgIpc) is 3.10. The minimum atomic E-state index is -1.12. The van der Waals surface area contributed by atoms with Crippen molar-refractivity contribution in [3.05, 3.63) is 42.5 Å². The lowest BCUT2D eigenvalue weighted by atomic mass is 10.2. The van der Waals surface area contributed by atoms with Gasteiger partial charge < -0.3 is 14.9 Å². The van der Waals surface area contributed by atoms with Crippen molar-refractivity contribution in [2.24, 2.45) is 0 Å². The Kier molecular flexibility index (Phi) is 4.85. The second-order valence-electron chi connectivity index (χ2n) is 5.25. The molecule has 0 saturated carbocycles. The van der Waals surface area contributed by atoms with Gasteiger partial charge in [-0.15, -0.1) is 0 Å². The normalized spacial score (nSPS) is 15.0. The number of carboxylic acid groups (broad SMARTS) is 1. The summed E-state index contributed by atoms with van der Waals surface area (Å²) in [5, 5.41) is 9.40. The van der Waals surface area contributed by atoms with E-state index in [4.69, 9.17) is 5.11 Å². The van der Waals surface area contributed by atoms with Crippen LogP contribution < -0.4 is 4.90 Å². The molecule has 8 heteroatoms. The van der Waals surface area contributed by atoms with Gasteiger partial charge >= 0.3 is 5.97 Å². The molecule has 2 aromatic rings. The van der Waals surface area contributed by atoms with E-state index in [2.05, 4.69) is 14.3 Å². The zero-order chi connectivity index (χ0) is 16.9. The van der Waals surface area contributed by atoms with Crippen LogP contribution in [0.2, 0.25) is 0 Å². The minimum absolute atomic E-state index is 0.278. The van der Waals surface area contributed by atoms with E-state index < -0.39 is 5.97 Å². The number of nitrogens with zero attached hydrogens (tertiary/aromatic N) is 4. The Labute approximate surface area is 143 Å². The summed E-state index contributed by atoms with van der Waals surface area (Å²) in [4.78, 5) is 30.6. The molecule has 1 saturated heterocycles. The zero-order valence-corrected chi connectivity index (χ0v) is 13.6. The third kappa shape index (κ3) is 3.77. The van der Waals surface area contributed by atoms with Crippen LogP contribution in [0.5, 0.6) is 0 Å². The van der Waals surface area contributed by atoms with Crippen molar-refractivity contribution in [1.29, 1.82) is 0 Å². The van der Waals surface area contributed by atoms with Gasteiger partial charge in [0.2, 0.25) is 11.0 Å². The lowest BCUT2D eigenvalue weighted by Crippen LogP contribution is -2.48. The maximum atomic E-state index is 11.9. The number of carbonyl (C=O) groups excluding carboxylic acids is 1. The molecule has 124 valence electrons. The number of hydrogen-bond acceptors (Lipinski definition) is 6. The number of amides is 1. The van der Waals surface area contributed by atoms with Crippen LogP contribution in [0.25, 0.3) is 11.4 Å². The third-order valence-corrected chi connectivity index (χ3v) is 4.45. The van der Waals surface area contributed by atoms with Crippen LogP contribution in [-0.4, -0.2) is 57.4 Å². The largest absolute Gasteiger partial charge is 0.478 e. The molecule has 0 spiro atoms. The molecular formula is C16H16N4O3S. The van der Waals surface area contributed by atoms with Gasteiger partial charge in [0.15, 0.2) is 5.82 Å². The first-order valence-corrected chi connectivity index (χ1v) is 8.25. The fourth-order valence-electron chi connectivity index (χ4n) is 2.41. The molecule has 7 nitrogen and oxygen atoms in total. The molecule has 1 aromatic carbocycles. The molecular weight excluding hydrogens is 328 g/mol. The maximum absolute atomic E-state index is 11.9. The van der Waals surface area contributed by atoms with Gasteiger partial charge in [0.25, 0.3) is 0 Å². The van der Waals surface area contributed by atoms with Crippen molar-refractivity contribution in [1.82, 2.24) is 14.3 Å². The second kappa shape index (κ2) is 7.22. The SMILES string of the molecule is O=C(O)C=CC(=O)N1CCN(c2nc(-c3ccccc3)ns2)CC1. The Hall–Kier alpha value is -2.74. The van der Waals surface area contributed by atoms with Crippen molar-refractivity contribution in [2.45, 2.75) is 0 Å². The molecule has 2 heterocycles. The van der Waals surface area contributed by atoms with Crippen molar-refractivity contribution in [2.75, 3.05) is 31.1 Å². The summed E-state index contributed by atoms with van der Waals surface area (Å²) in [5.74, 6) is -0.693. The number of rotatable bonds is 4. The van der Waals surface area contributed by atoms with Crippen LogP contribution in [0.3, 0.4) is 0 Å². The van der Waals surface area contributed by atoms with Crippen LogP contribution in [0.4, 0.5) is 5.13 Å². The Morgan fingerprint density at radius 1 is 1.08 bits per heavy atom. The van der Waals surface area contributed by atoms with Gasteiger partial charge in [-0.25, -0.2) is 4.79 Å². The number of aliphatic carboxylic acids is 1. The van der Waals surface area contributed by atoms with E-state index in [-0.39, 0.29) is 5.91 Å². The van der Waals surface area contributed by atoms with Crippen molar-refractivity contribution < 1.29 is 14.7 Å². The predicted octanol–water partition coefficient (Wildman–Crippen LogP) is 1.49. The highest BCUT2D eigenvalue weighted by molar-refractivity contribution is 7.09. The molecule has 1 N–H and O–H groups in total. The molecule has 1 fully saturated rings. The molecule has 3 rings (SSSR count). The molecule has 0 unspecified atom stereocenters. The number of piperazine rings is 1. The van der Waals surface area contributed by atoms with E-state index in [1.54, 1.807) is 4.90 Å². The highest BCUT2D eigenvalue weighted by Gasteiger charge is 2.22. The van der Waals surface area contributed by atoms with Crippen LogP contribution in [0.1, 0.15) is 0 Å². The summed E-state index contributed by atoms with van der Waals surface area (Å²) in [5.41, 5.74) is 0.979. The van der Waals surface area contributed by atoms with Gasteiger partial charge in [0, 0.05) is 55.4 Å². The quantitative estimate of drug-likeness (QED) is 0.846. The molecule has 24 heavy (non-hydrogen) atoms. The molecule has 1 aliphatic rings. The smallest absolute Gasteiger partial charge is 0.328 e. The second-order valence-corrected chi connectivity index (χ2v) is 5.98. The summed E-state index contributed by atoms with van der Waals surface area (Å²) in [6, 6.07) is 9.79. The van der Waals surface area contributed by atoms with Gasteiger partial charge in [-0.3, -0.25) is 4.79 Å². The van der Waals surface area contributed by atoms with E-state index >= 15 is 0 Å². The minimum Gasteiger partial charge on any atom is -0.478 e. The Bertz CT molecular complexity index is 752. The Morgan fingerprint density at radius 3 is 2.46 bits per heavy atom. The maximum Gasteiger partial charge on any atom is 0.328 e. The van der Waals surface area contributed by atoms with Gasteiger partial charge in [0.05, 0.1) is 0 Å². The number of anilines is 1. The fourth-order valence-corrected chi connectivity index (χ4v) is 3.15. The number of hydrogen-bond donors (Lipinski definition) is 1. The summed E-state index contributed by atoms with van der Waals surface area (Å²) in [6.07, 6.45) is 1.96. The first kappa shape index (κ1) is 16.1. The van der Waals surface area contributed by atoms with Gasteiger partial charge in [-0.05, 0) is 0 Å². The van der Waals surface area contributed by atoms with Crippen molar-refractivity contribution in [3.63, 3.8) is 0 Å². The number of carbonyl (C=O) groups is 2. The van der Waals surface area contributed by atoms with Crippen LogP contribution in [0, 0.1) is 0 Å². The number of aromatic nitrogens is 2. The van der Waals surface area contributed by atoms with E-state index in [1.807, 2.05) is 30.3 Å². The predicted molar refractivity (Wildman–Crippen MR) is 90.9 cm³/mol. The molecule has 1 aliphatic heterocycles. The number of carboxylic acids is 1. The molecule has 1 amide bonds. The number of benzene rings is 1. The molecule has 0 atom stereocenters. The highest BCUT2D eigenvalue weighted by atomic mass is 32.1. The lowest BCUT2D eigenvalue weighted by Gasteiger charge is -2.33. The van der Waals surface area contributed by atoms with Gasteiger partial charge in [-0.2, -0.15) is 9.36 Å². The topological polar surface area (TPSA) is 86.6 Å². The van der Waals surface area contributed by atoms with Crippen LogP contribution in [-0.2, 0) is 9.59 Å². The average molecular weight is 344 g/mol.